The van der Waals surface area contributed by atoms with Crippen molar-refractivity contribution in [1.29, 1.82) is 0 Å². The van der Waals surface area contributed by atoms with E-state index in [4.69, 9.17) is 5.11 Å². The summed E-state index contributed by atoms with van der Waals surface area (Å²) >= 11 is 0. The van der Waals surface area contributed by atoms with Gasteiger partial charge in [-0.3, -0.25) is 4.68 Å². The number of rotatable bonds is 6. The van der Waals surface area contributed by atoms with E-state index in [0.717, 1.165) is 13.0 Å². The van der Waals surface area contributed by atoms with Gasteiger partial charge in [-0.2, -0.15) is 5.10 Å². The zero-order valence-electron chi connectivity index (χ0n) is 10.3. The molecule has 6 heteroatoms. The molecule has 1 heterocycles. The highest BCUT2D eigenvalue weighted by atomic mass is 16.3. The van der Waals surface area contributed by atoms with Crippen LogP contribution in [0.5, 0.6) is 0 Å². The molecule has 0 fully saturated rings. The molecule has 6 nitrogen and oxygen atoms in total. The van der Waals surface area contributed by atoms with Crippen LogP contribution in [0.3, 0.4) is 0 Å². The van der Waals surface area contributed by atoms with E-state index in [0.29, 0.717) is 12.1 Å². The maximum atomic E-state index is 11.5. The molecule has 96 valence electrons. The van der Waals surface area contributed by atoms with Crippen molar-refractivity contribution in [3.63, 3.8) is 0 Å². The average Bonchev–Trinajstić information content (AvgIpc) is 2.66. The molecule has 0 saturated carbocycles. The fourth-order valence-electron chi connectivity index (χ4n) is 1.44. The second-order valence-corrected chi connectivity index (χ2v) is 4.00. The Morgan fingerprint density at radius 3 is 3.06 bits per heavy atom. The molecular formula is C11H20N4O2. The molecule has 0 aliphatic carbocycles. The first kappa shape index (κ1) is 13.5. The molecule has 2 amide bonds. The molecule has 0 bridgehead atoms. The van der Waals surface area contributed by atoms with Crippen molar-refractivity contribution in [2.45, 2.75) is 39.3 Å². The minimum absolute atomic E-state index is 0.0503. The van der Waals surface area contributed by atoms with E-state index < -0.39 is 0 Å². The van der Waals surface area contributed by atoms with Crippen molar-refractivity contribution in [2.75, 3.05) is 11.9 Å². The molecule has 1 rings (SSSR count). The Morgan fingerprint density at radius 2 is 2.41 bits per heavy atom. The lowest BCUT2D eigenvalue weighted by atomic mass is 10.2. The minimum atomic E-state index is -0.276. The number of carbonyl (C=O) groups excluding carboxylic acids is 1. The summed E-state index contributed by atoms with van der Waals surface area (Å²) in [5, 5.41) is 18.2. The summed E-state index contributed by atoms with van der Waals surface area (Å²) in [7, 11) is 0. The lowest BCUT2D eigenvalue weighted by molar-refractivity contribution is 0.241. The summed E-state index contributed by atoms with van der Waals surface area (Å²) in [6.45, 7) is 4.81. The number of aliphatic hydroxyl groups excluding tert-OH is 1. The second kappa shape index (κ2) is 6.90. The van der Waals surface area contributed by atoms with Gasteiger partial charge in [0, 0.05) is 25.4 Å². The first-order valence-corrected chi connectivity index (χ1v) is 5.86. The molecule has 0 spiro atoms. The highest BCUT2D eigenvalue weighted by Crippen LogP contribution is 2.05. The second-order valence-electron chi connectivity index (χ2n) is 4.00. The minimum Gasteiger partial charge on any atom is -0.396 e. The van der Waals surface area contributed by atoms with Gasteiger partial charge < -0.3 is 15.7 Å². The van der Waals surface area contributed by atoms with Crippen LogP contribution in [0.2, 0.25) is 0 Å². The number of carbonyl (C=O) groups is 1. The third kappa shape index (κ3) is 4.86. The number of hydrogen-bond donors (Lipinski definition) is 3. The Labute approximate surface area is 101 Å². The summed E-state index contributed by atoms with van der Waals surface area (Å²) in [4.78, 5) is 11.5. The Hall–Kier alpha value is -1.56. The van der Waals surface area contributed by atoms with Crippen molar-refractivity contribution in [1.82, 2.24) is 15.1 Å². The Kier molecular flexibility index (Phi) is 5.48. The molecule has 3 N–H and O–H groups in total. The monoisotopic (exact) mass is 240 g/mol. The Morgan fingerprint density at radius 1 is 1.65 bits per heavy atom. The molecule has 0 saturated heterocycles. The molecule has 1 aromatic heterocycles. The van der Waals surface area contributed by atoms with Crippen molar-refractivity contribution < 1.29 is 9.90 Å². The van der Waals surface area contributed by atoms with Crippen LogP contribution in [0.4, 0.5) is 10.5 Å². The first-order valence-electron chi connectivity index (χ1n) is 5.86. The van der Waals surface area contributed by atoms with Gasteiger partial charge in [-0.15, -0.1) is 0 Å². The van der Waals surface area contributed by atoms with Crippen molar-refractivity contribution >= 4 is 11.7 Å². The van der Waals surface area contributed by atoms with Crippen LogP contribution < -0.4 is 10.6 Å². The maximum Gasteiger partial charge on any atom is 0.319 e. The van der Waals surface area contributed by atoms with Crippen molar-refractivity contribution in [2.24, 2.45) is 0 Å². The summed E-state index contributed by atoms with van der Waals surface area (Å²) in [6.07, 6.45) is 4.95. The average molecular weight is 240 g/mol. The van der Waals surface area contributed by atoms with Gasteiger partial charge in [0.25, 0.3) is 0 Å². The quantitative estimate of drug-likeness (QED) is 0.698. The van der Waals surface area contributed by atoms with E-state index in [1.807, 2.05) is 6.92 Å². The molecule has 0 radical (unpaired) electrons. The van der Waals surface area contributed by atoms with E-state index in [1.165, 1.54) is 0 Å². The van der Waals surface area contributed by atoms with Crippen molar-refractivity contribution in [3.8, 4) is 0 Å². The van der Waals surface area contributed by atoms with Crippen molar-refractivity contribution in [3.05, 3.63) is 12.4 Å². The maximum absolute atomic E-state index is 11.5. The van der Waals surface area contributed by atoms with Crippen LogP contribution in [0.25, 0.3) is 0 Å². The fourth-order valence-corrected chi connectivity index (χ4v) is 1.44. The van der Waals surface area contributed by atoms with Crippen LogP contribution in [-0.4, -0.2) is 33.6 Å². The van der Waals surface area contributed by atoms with Gasteiger partial charge in [0.15, 0.2) is 0 Å². The van der Waals surface area contributed by atoms with Gasteiger partial charge >= 0.3 is 6.03 Å². The number of aromatic nitrogens is 2. The molecule has 0 unspecified atom stereocenters. The number of aryl methyl sites for hydroxylation is 1. The van der Waals surface area contributed by atoms with Crippen LogP contribution >= 0.6 is 0 Å². The van der Waals surface area contributed by atoms with Gasteiger partial charge in [0.05, 0.1) is 11.9 Å². The number of nitrogens with one attached hydrogen (secondary N) is 2. The van der Waals surface area contributed by atoms with Crippen LogP contribution in [0.1, 0.15) is 26.7 Å². The Bertz CT molecular complexity index is 351. The molecule has 0 aliphatic heterocycles. The third-order valence-corrected chi connectivity index (χ3v) is 2.28. The van der Waals surface area contributed by atoms with E-state index >= 15 is 0 Å². The van der Waals surface area contributed by atoms with Gasteiger partial charge in [-0.1, -0.05) is 6.92 Å². The number of urea groups is 1. The van der Waals surface area contributed by atoms with E-state index in [1.54, 1.807) is 17.1 Å². The summed E-state index contributed by atoms with van der Waals surface area (Å²) in [6, 6.07) is -0.326. The highest BCUT2D eigenvalue weighted by molar-refractivity contribution is 5.89. The Balaban J connectivity index is 2.39. The summed E-state index contributed by atoms with van der Waals surface area (Å²) < 4.78 is 1.78. The van der Waals surface area contributed by atoms with Gasteiger partial charge in [0.2, 0.25) is 0 Å². The van der Waals surface area contributed by atoms with E-state index in [-0.39, 0.29) is 18.7 Å². The number of hydrogen-bond acceptors (Lipinski definition) is 3. The van der Waals surface area contributed by atoms with Gasteiger partial charge in [-0.05, 0) is 19.8 Å². The van der Waals surface area contributed by atoms with Gasteiger partial charge in [0.1, 0.15) is 0 Å². The fraction of sp³-hybridized carbons (Fsp3) is 0.636. The van der Waals surface area contributed by atoms with E-state index in [9.17, 15) is 4.79 Å². The summed E-state index contributed by atoms with van der Waals surface area (Å²) in [5.41, 5.74) is 0.673. The number of aliphatic hydroxyl groups is 1. The molecule has 17 heavy (non-hydrogen) atoms. The summed E-state index contributed by atoms with van der Waals surface area (Å²) in [5.74, 6) is 0. The number of anilines is 1. The van der Waals surface area contributed by atoms with Crippen LogP contribution in [0.15, 0.2) is 12.4 Å². The van der Waals surface area contributed by atoms with Gasteiger partial charge in [-0.25, -0.2) is 4.79 Å². The lowest BCUT2D eigenvalue weighted by Crippen LogP contribution is -2.36. The zero-order valence-corrected chi connectivity index (χ0v) is 10.3. The number of amides is 2. The standard InChI is InChI=1S/C11H20N4O2/c1-3-5-15-8-10(7-12-15)14-11(17)13-9(2)4-6-16/h7-9,16H,3-6H2,1-2H3,(H2,13,14,17)/t9-/m1/s1. The first-order chi connectivity index (χ1) is 8.15. The predicted molar refractivity (Wildman–Crippen MR) is 65.8 cm³/mol. The third-order valence-electron chi connectivity index (χ3n) is 2.28. The van der Waals surface area contributed by atoms with Crippen LogP contribution in [0, 0.1) is 0 Å². The number of nitrogens with zero attached hydrogens (tertiary/aromatic N) is 2. The predicted octanol–water partition coefficient (Wildman–Crippen LogP) is 1.19. The molecule has 0 aromatic carbocycles. The molecule has 1 atom stereocenters. The smallest absolute Gasteiger partial charge is 0.319 e. The normalized spacial score (nSPS) is 12.2. The lowest BCUT2D eigenvalue weighted by Gasteiger charge is -2.12. The highest BCUT2D eigenvalue weighted by Gasteiger charge is 2.07. The SMILES string of the molecule is CCCn1cc(NC(=O)N[C@H](C)CCO)cn1. The molecule has 1 aromatic rings. The molecular weight excluding hydrogens is 220 g/mol. The molecule has 0 aliphatic rings. The van der Waals surface area contributed by atoms with Crippen LogP contribution in [-0.2, 0) is 6.54 Å². The largest absolute Gasteiger partial charge is 0.396 e. The zero-order chi connectivity index (χ0) is 12.7. The topological polar surface area (TPSA) is 79.2 Å². The van der Waals surface area contributed by atoms with E-state index in [2.05, 4.69) is 22.7 Å².